The first kappa shape index (κ1) is 20.3. The van der Waals surface area contributed by atoms with Gasteiger partial charge in [0.1, 0.15) is 11.6 Å². The van der Waals surface area contributed by atoms with Crippen LogP contribution in [0.1, 0.15) is 15.9 Å². The van der Waals surface area contributed by atoms with Gasteiger partial charge in [-0.1, -0.05) is 24.3 Å². The number of methoxy groups -OCH3 is 1. The summed E-state index contributed by atoms with van der Waals surface area (Å²) in [6.45, 7) is 1.54. The lowest BCUT2D eigenvalue weighted by Gasteiger charge is -2.12. The number of sulfonamides is 1. The number of carbonyl (C=O) groups excluding carboxylic acids is 1. The van der Waals surface area contributed by atoms with E-state index in [9.17, 15) is 17.6 Å². The van der Waals surface area contributed by atoms with Crippen LogP contribution in [0.4, 0.5) is 15.8 Å². The molecule has 0 aromatic heterocycles. The lowest BCUT2D eigenvalue weighted by Crippen LogP contribution is -2.15. The normalized spacial score (nSPS) is 11.0. The number of rotatable bonds is 6. The molecule has 0 unspecified atom stereocenters. The van der Waals surface area contributed by atoms with Gasteiger partial charge in [0, 0.05) is 11.3 Å². The molecule has 0 bridgehead atoms. The molecule has 0 saturated heterocycles. The Balaban J connectivity index is 1.82. The van der Waals surface area contributed by atoms with E-state index in [1.807, 2.05) is 0 Å². The zero-order valence-electron chi connectivity index (χ0n) is 15.8. The van der Waals surface area contributed by atoms with E-state index in [2.05, 4.69) is 10.0 Å². The number of ether oxygens (including phenoxy) is 1. The summed E-state index contributed by atoms with van der Waals surface area (Å²) in [5.41, 5.74) is 1.25. The van der Waals surface area contributed by atoms with Gasteiger partial charge < -0.3 is 10.1 Å². The van der Waals surface area contributed by atoms with Crippen LogP contribution in [-0.2, 0) is 10.0 Å². The van der Waals surface area contributed by atoms with Crippen molar-refractivity contribution in [3.8, 4) is 5.75 Å². The lowest BCUT2D eigenvalue weighted by atomic mass is 10.2. The largest absolute Gasteiger partial charge is 0.495 e. The van der Waals surface area contributed by atoms with E-state index in [1.54, 1.807) is 43.3 Å². The molecule has 8 heteroatoms. The van der Waals surface area contributed by atoms with Crippen molar-refractivity contribution in [3.05, 3.63) is 83.7 Å². The highest BCUT2D eigenvalue weighted by atomic mass is 32.2. The Morgan fingerprint density at radius 2 is 1.76 bits per heavy atom. The molecule has 0 heterocycles. The molecule has 0 radical (unpaired) electrons. The van der Waals surface area contributed by atoms with Crippen molar-refractivity contribution < 1.29 is 22.3 Å². The Morgan fingerprint density at radius 1 is 1.00 bits per heavy atom. The van der Waals surface area contributed by atoms with Gasteiger partial charge in [-0.2, -0.15) is 0 Å². The first-order valence-corrected chi connectivity index (χ1v) is 10.1. The van der Waals surface area contributed by atoms with Crippen molar-refractivity contribution in [1.82, 2.24) is 0 Å². The van der Waals surface area contributed by atoms with Crippen molar-refractivity contribution in [2.24, 2.45) is 0 Å². The molecule has 0 aliphatic rings. The molecule has 3 rings (SSSR count). The predicted molar refractivity (Wildman–Crippen MR) is 109 cm³/mol. The van der Waals surface area contributed by atoms with Crippen LogP contribution in [0.3, 0.4) is 0 Å². The van der Waals surface area contributed by atoms with Gasteiger partial charge in [0.25, 0.3) is 15.9 Å². The fourth-order valence-corrected chi connectivity index (χ4v) is 3.68. The number of halogens is 1. The van der Waals surface area contributed by atoms with Gasteiger partial charge in [0.15, 0.2) is 0 Å². The SMILES string of the molecule is COc1ccccc1NC(=O)c1cccc(NS(=O)(=O)c2ccc(C)c(F)c2)c1. The van der Waals surface area contributed by atoms with Crippen molar-refractivity contribution in [3.63, 3.8) is 0 Å². The smallest absolute Gasteiger partial charge is 0.261 e. The summed E-state index contributed by atoms with van der Waals surface area (Å²) in [4.78, 5) is 12.4. The van der Waals surface area contributed by atoms with Gasteiger partial charge in [-0.05, 0) is 55.0 Å². The van der Waals surface area contributed by atoms with Crippen LogP contribution >= 0.6 is 0 Å². The second-order valence-corrected chi connectivity index (χ2v) is 7.93. The molecule has 0 fully saturated rings. The Labute approximate surface area is 168 Å². The first-order chi connectivity index (χ1) is 13.8. The number of hydrogen-bond acceptors (Lipinski definition) is 4. The number of hydrogen-bond donors (Lipinski definition) is 2. The highest BCUT2D eigenvalue weighted by molar-refractivity contribution is 7.92. The summed E-state index contributed by atoms with van der Waals surface area (Å²) >= 11 is 0. The van der Waals surface area contributed by atoms with Crippen LogP contribution < -0.4 is 14.8 Å². The minimum atomic E-state index is -4.01. The number of para-hydroxylation sites is 2. The summed E-state index contributed by atoms with van der Waals surface area (Å²) in [5, 5.41) is 2.72. The van der Waals surface area contributed by atoms with Gasteiger partial charge in [0.2, 0.25) is 0 Å². The van der Waals surface area contributed by atoms with E-state index >= 15 is 0 Å². The topological polar surface area (TPSA) is 84.5 Å². The van der Waals surface area contributed by atoms with Crippen molar-refractivity contribution >= 4 is 27.3 Å². The molecule has 6 nitrogen and oxygen atoms in total. The second kappa shape index (κ2) is 8.32. The van der Waals surface area contributed by atoms with E-state index in [-0.39, 0.29) is 16.1 Å². The predicted octanol–water partition coefficient (Wildman–Crippen LogP) is 4.20. The number of nitrogens with one attached hydrogen (secondary N) is 2. The Bertz CT molecular complexity index is 1160. The van der Waals surface area contributed by atoms with E-state index < -0.39 is 21.7 Å². The summed E-state index contributed by atoms with van der Waals surface area (Å²) in [6, 6.07) is 16.6. The summed E-state index contributed by atoms with van der Waals surface area (Å²) < 4.78 is 46.3. The molecular formula is C21H19FN2O4S. The second-order valence-electron chi connectivity index (χ2n) is 6.25. The summed E-state index contributed by atoms with van der Waals surface area (Å²) in [5.74, 6) is -0.547. The van der Waals surface area contributed by atoms with Crippen molar-refractivity contribution in [2.75, 3.05) is 17.1 Å². The molecule has 3 aromatic carbocycles. The maximum absolute atomic E-state index is 13.7. The fourth-order valence-electron chi connectivity index (χ4n) is 2.62. The number of anilines is 2. The van der Waals surface area contributed by atoms with Gasteiger partial charge in [-0.3, -0.25) is 9.52 Å². The van der Waals surface area contributed by atoms with Gasteiger partial charge in [0.05, 0.1) is 17.7 Å². The highest BCUT2D eigenvalue weighted by Crippen LogP contribution is 2.24. The van der Waals surface area contributed by atoms with Gasteiger partial charge in [-0.25, -0.2) is 12.8 Å². The number of amides is 1. The van der Waals surface area contributed by atoms with E-state index in [1.165, 1.54) is 31.4 Å². The minimum Gasteiger partial charge on any atom is -0.495 e. The monoisotopic (exact) mass is 414 g/mol. The molecule has 0 spiro atoms. The standard InChI is InChI=1S/C21H19FN2O4S/c1-14-10-11-17(13-18(14)22)29(26,27)24-16-7-5-6-15(12-16)21(25)23-19-8-3-4-9-20(19)28-2/h3-13,24H,1-2H3,(H,23,25). The maximum Gasteiger partial charge on any atom is 0.261 e. The summed E-state index contributed by atoms with van der Waals surface area (Å²) in [7, 11) is -2.51. The Kier molecular flexibility index (Phi) is 5.84. The van der Waals surface area contributed by atoms with E-state index in [0.717, 1.165) is 6.07 Å². The van der Waals surface area contributed by atoms with Gasteiger partial charge >= 0.3 is 0 Å². The quantitative estimate of drug-likeness (QED) is 0.633. The van der Waals surface area contributed by atoms with Crippen LogP contribution in [0.5, 0.6) is 5.75 Å². The maximum atomic E-state index is 13.7. The van der Waals surface area contributed by atoms with Crippen molar-refractivity contribution in [2.45, 2.75) is 11.8 Å². The van der Waals surface area contributed by atoms with Crippen LogP contribution in [0.2, 0.25) is 0 Å². The minimum absolute atomic E-state index is 0.179. The van der Waals surface area contributed by atoms with Crippen LogP contribution in [0.15, 0.2) is 71.6 Å². The van der Waals surface area contributed by atoms with Gasteiger partial charge in [-0.15, -0.1) is 0 Å². The third-order valence-electron chi connectivity index (χ3n) is 4.19. The first-order valence-electron chi connectivity index (χ1n) is 8.63. The van der Waals surface area contributed by atoms with E-state index in [4.69, 9.17) is 4.74 Å². The third-order valence-corrected chi connectivity index (χ3v) is 5.56. The summed E-state index contributed by atoms with van der Waals surface area (Å²) in [6.07, 6.45) is 0. The van der Waals surface area contributed by atoms with E-state index in [0.29, 0.717) is 17.0 Å². The Hall–Kier alpha value is -3.39. The molecule has 29 heavy (non-hydrogen) atoms. The average molecular weight is 414 g/mol. The van der Waals surface area contributed by atoms with Crippen LogP contribution in [-0.4, -0.2) is 21.4 Å². The molecule has 0 aliphatic carbocycles. The molecule has 150 valence electrons. The number of benzene rings is 3. The van der Waals surface area contributed by atoms with Crippen molar-refractivity contribution in [1.29, 1.82) is 0 Å². The number of aryl methyl sites for hydroxylation is 1. The highest BCUT2D eigenvalue weighted by Gasteiger charge is 2.17. The average Bonchev–Trinajstić information content (AvgIpc) is 2.70. The van der Waals surface area contributed by atoms with Crippen LogP contribution in [0, 0.1) is 12.7 Å². The lowest BCUT2D eigenvalue weighted by molar-refractivity contribution is 0.102. The molecule has 0 atom stereocenters. The van der Waals surface area contributed by atoms with Crippen LogP contribution in [0.25, 0.3) is 0 Å². The number of carbonyl (C=O) groups is 1. The Morgan fingerprint density at radius 3 is 2.48 bits per heavy atom. The molecule has 0 aliphatic heterocycles. The zero-order chi connectivity index (χ0) is 21.0. The molecule has 1 amide bonds. The fraction of sp³-hybridized carbons (Fsp3) is 0.0952. The molecule has 3 aromatic rings. The molecule has 0 saturated carbocycles. The third kappa shape index (κ3) is 4.72. The molecule has 2 N–H and O–H groups in total. The molecular weight excluding hydrogens is 395 g/mol. The zero-order valence-corrected chi connectivity index (χ0v) is 16.6.